The summed E-state index contributed by atoms with van der Waals surface area (Å²) in [6.45, 7) is 12.4. The van der Waals surface area contributed by atoms with Gasteiger partial charge in [-0.05, 0) is 68.4 Å². The Kier molecular flexibility index (Phi) is 7.46. The van der Waals surface area contributed by atoms with Crippen molar-refractivity contribution in [3.8, 4) is 5.69 Å². The third-order valence-electron chi connectivity index (χ3n) is 6.44. The number of nitrogens with zero attached hydrogens (tertiary/aromatic N) is 2. The largest absolute Gasteiger partial charge is 0.248 e. The molecule has 4 aromatic rings. The number of aromatic nitrogens is 2. The molecule has 0 spiro atoms. The molecule has 1 atom stereocenters. The van der Waals surface area contributed by atoms with Crippen molar-refractivity contribution in [2.75, 3.05) is 0 Å². The molecule has 3 heteroatoms. The maximum Gasteiger partial charge on any atom is 0.248 e. The highest BCUT2D eigenvalue weighted by Crippen LogP contribution is 2.44. The van der Waals surface area contributed by atoms with E-state index in [0.717, 1.165) is 13.0 Å². The minimum Gasteiger partial charge on any atom is -0.236 e. The van der Waals surface area contributed by atoms with Crippen LogP contribution in [0.1, 0.15) is 37.0 Å². The molecule has 1 aromatic heterocycles. The molecule has 4 rings (SSSR count). The summed E-state index contributed by atoms with van der Waals surface area (Å²) < 4.78 is 4.64. The van der Waals surface area contributed by atoms with E-state index in [0.29, 0.717) is 11.6 Å². The van der Waals surface area contributed by atoms with E-state index in [1.807, 2.05) is 0 Å². The summed E-state index contributed by atoms with van der Waals surface area (Å²) in [6.07, 6.45) is 7.85. The summed E-state index contributed by atoms with van der Waals surface area (Å²) in [4.78, 5) is 0. The van der Waals surface area contributed by atoms with Crippen LogP contribution in [0.2, 0.25) is 0 Å². The lowest BCUT2D eigenvalue weighted by molar-refractivity contribution is -0.696. The Labute approximate surface area is 200 Å². The maximum atomic E-state index is 2.39. The molecule has 0 saturated heterocycles. The van der Waals surface area contributed by atoms with Gasteiger partial charge in [0.2, 0.25) is 6.33 Å². The lowest BCUT2D eigenvalue weighted by Gasteiger charge is -2.31. The van der Waals surface area contributed by atoms with Gasteiger partial charge in [-0.25, -0.2) is 9.13 Å². The molecule has 0 aliphatic carbocycles. The predicted molar refractivity (Wildman–Crippen MR) is 142 cm³/mol. The number of hydrogen-bond acceptors (Lipinski definition) is 0. The number of imidazole rings is 1. The second kappa shape index (κ2) is 10.5. The van der Waals surface area contributed by atoms with Crippen molar-refractivity contribution in [3.05, 3.63) is 108 Å². The Morgan fingerprint density at radius 1 is 0.818 bits per heavy atom. The third kappa shape index (κ3) is 5.45. The minimum absolute atomic E-state index is 0.421. The molecule has 170 valence electrons. The predicted octanol–water partition coefficient (Wildman–Crippen LogP) is 6.24. The Bertz CT molecular complexity index is 1120. The Balaban J connectivity index is 1.59. The molecule has 0 aliphatic heterocycles. The average Bonchev–Trinajstić information content (AvgIpc) is 3.25. The average molecular weight is 456 g/mol. The van der Waals surface area contributed by atoms with E-state index in [1.165, 1.54) is 33.0 Å². The fraction of sp³-hybridized carbons (Fsp3) is 0.300. The van der Waals surface area contributed by atoms with Crippen molar-refractivity contribution in [1.82, 2.24) is 4.57 Å². The Morgan fingerprint density at radius 3 is 1.88 bits per heavy atom. The van der Waals surface area contributed by atoms with Gasteiger partial charge >= 0.3 is 0 Å². The molecule has 3 aromatic carbocycles. The lowest BCUT2D eigenvalue weighted by Crippen LogP contribution is -2.35. The van der Waals surface area contributed by atoms with Gasteiger partial charge in [-0.1, -0.05) is 92.2 Å². The first-order valence-corrected chi connectivity index (χ1v) is 13.4. The van der Waals surface area contributed by atoms with E-state index >= 15 is 0 Å². The topological polar surface area (TPSA) is 8.81 Å². The van der Waals surface area contributed by atoms with Gasteiger partial charge in [0.15, 0.2) is 0 Å². The van der Waals surface area contributed by atoms with E-state index < -0.39 is 7.92 Å². The van der Waals surface area contributed by atoms with Gasteiger partial charge < -0.3 is 0 Å². The van der Waals surface area contributed by atoms with Crippen LogP contribution >= 0.6 is 7.92 Å². The Morgan fingerprint density at radius 2 is 1.36 bits per heavy atom. The van der Waals surface area contributed by atoms with E-state index in [-0.39, 0.29) is 0 Å². The summed E-state index contributed by atoms with van der Waals surface area (Å²) in [7, 11) is -0.421. The summed E-state index contributed by atoms with van der Waals surface area (Å²) in [6, 6.07) is 26.8. The molecule has 0 radical (unpaired) electrons. The number of rotatable bonds is 8. The Hall–Kier alpha value is -2.70. The maximum absolute atomic E-state index is 2.39. The van der Waals surface area contributed by atoms with Gasteiger partial charge in [-0.15, -0.1) is 0 Å². The molecule has 0 amide bonds. The quantitative estimate of drug-likeness (QED) is 0.220. The van der Waals surface area contributed by atoms with Crippen LogP contribution in [0.5, 0.6) is 0 Å². The molecular formula is C30H36N2P+. The van der Waals surface area contributed by atoms with Crippen LogP contribution < -0.4 is 15.2 Å². The summed E-state index contributed by atoms with van der Waals surface area (Å²) in [5, 5.41) is 2.96. The first-order valence-electron chi connectivity index (χ1n) is 12.0. The molecule has 0 saturated carbocycles. The zero-order chi connectivity index (χ0) is 23.4. The van der Waals surface area contributed by atoms with Crippen LogP contribution in [0.25, 0.3) is 5.69 Å². The molecule has 0 fully saturated rings. The molecule has 0 bridgehead atoms. The van der Waals surface area contributed by atoms with Crippen molar-refractivity contribution in [3.63, 3.8) is 0 Å². The summed E-state index contributed by atoms with van der Waals surface area (Å²) in [5.74, 6) is 0.612. The van der Waals surface area contributed by atoms with E-state index in [1.54, 1.807) is 0 Å². The molecular weight excluding hydrogens is 419 g/mol. The van der Waals surface area contributed by atoms with Gasteiger partial charge in [-0.2, -0.15) is 0 Å². The fourth-order valence-electron chi connectivity index (χ4n) is 4.99. The molecule has 0 N–H and O–H groups in total. The van der Waals surface area contributed by atoms with Crippen molar-refractivity contribution in [1.29, 1.82) is 0 Å². The molecule has 1 heterocycles. The normalized spacial score (nSPS) is 12.5. The third-order valence-corrected chi connectivity index (χ3v) is 9.66. The molecule has 33 heavy (non-hydrogen) atoms. The highest BCUT2D eigenvalue weighted by molar-refractivity contribution is 7.73. The molecule has 2 nitrogen and oxygen atoms in total. The van der Waals surface area contributed by atoms with Gasteiger partial charge in [0, 0.05) is 0 Å². The smallest absolute Gasteiger partial charge is 0.236 e. The molecule has 0 unspecified atom stereocenters. The van der Waals surface area contributed by atoms with Gasteiger partial charge in [0.05, 0.1) is 6.54 Å². The lowest BCUT2D eigenvalue weighted by atomic mass is 10.1. The number of aryl methyl sites for hydroxylation is 4. The zero-order valence-electron chi connectivity index (χ0n) is 20.6. The van der Waals surface area contributed by atoms with Crippen LogP contribution in [0.4, 0.5) is 0 Å². The van der Waals surface area contributed by atoms with E-state index in [2.05, 4.69) is 135 Å². The highest BCUT2D eigenvalue weighted by Gasteiger charge is 2.28. The van der Waals surface area contributed by atoms with Crippen molar-refractivity contribution >= 4 is 18.5 Å². The fourth-order valence-corrected chi connectivity index (χ4v) is 8.01. The van der Waals surface area contributed by atoms with E-state index in [9.17, 15) is 0 Å². The summed E-state index contributed by atoms with van der Waals surface area (Å²) in [5.41, 5.74) is 5.89. The number of benzene rings is 3. The SMILES string of the molecule is Cc1cc(C)c(-n2cc[n+](CC[C@@H](C(C)C)P(c3ccccc3)c3ccccc3)c2)c(C)c1. The van der Waals surface area contributed by atoms with Crippen molar-refractivity contribution < 1.29 is 4.57 Å². The van der Waals surface area contributed by atoms with Crippen LogP contribution in [-0.2, 0) is 6.54 Å². The first-order chi connectivity index (χ1) is 15.9. The van der Waals surface area contributed by atoms with Crippen molar-refractivity contribution in [2.45, 2.75) is 53.2 Å². The van der Waals surface area contributed by atoms with Crippen LogP contribution in [0, 0.1) is 26.7 Å². The van der Waals surface area contributed by atoms with Crippen LogP contribution in [0.3, 0.4) is 0 Å². The summed E-state index contributed by atoms with van der Waals surface area (Å²) >= 11 is 0. The van der Waals surface area contributed by atoms with E-state index in [4.69, 9.17) is 0 Å². The molecule has 0 aliphatic rings. The van der Waals surface area contributed by atoms with Crippen LogP contribution in [0.15, 0.2) is 91.5 Å². The van der Waals surface area contributed by atoms with Gasteiger partial charge in [0.1, 0.15) is 18.1 Å². The monoisotopic (exact) mass is 455 g/mol. The van der Waals surface area contributed by atoms with Gasteiger partial charge in [-0.3, -0.25) is 0 Å². The highest BCUT2D eigenvalue weighted by atomic mass is 31.1. The number of hydrogen-bond donors (Lipinski definition) is 0. The standard InChI is InChI=1S/C30H36N2P/c1-23(2)29(33(27-12-8-6-9-13-27)28-14-10-7-11-15-28)16-17-31-18-19-32(22-31)30-25(4)20-24(3)21-26(30)5/h6-15,18-23,29H,16-17H2,1-5H3/q+1/t29-/m0/s1. The second-order valence-corrected chi connectivity index (χ2v) is 11.9. The van der Waals surface area contributed by atoms with Crippen molar-refractivity contribution in [2.24, 2.45) is 5.92 Å². The van der Waals surface area contributed by atoms with Gasteiger partial charge in [0.25, 0.3) is 0 Å². The second-order valence-electron chi connectivity index (χ2n) is 9.45. The zero-order valence-corrected chi connectivity index (χ0v) is 21.5. The van der Waals surface area contributed by atoms with Crippen LogP contribution in [-0.4, -0.2) is 10.2 Å². The minimum atomic E-state index is -0.421. The first kappa shape index (κ1) is 23.5.